The molecule has 0 saturated heterocycles. The van der Waals surface area contributed by atoms with Gasteiger partial charge in [0.2, 0.25) is 0 Å². The quantitative estimate of drug-likeness (QED) is 0.379. The van der Waals surface area contributed by atoms with Gasteiger partial charge >= 0.3 is 0 Å². The van der Waals surface area contributed by atoms with Crippen molar-refractivity contribution in [2.75, 3.05) is 6.54 Å². The Kier molecular flexibility index (Phi) is 10.7. The summed E-state index contributed by atoms with van der Waals surface area (Å²) in [5.41, 5.74) is 0.574. The number of benzene rings is 2. The number of carbonyl (C=O) groups is 1. The molecule has 2 aromatic rings. The first-order chi connectivity index (χ1) is 14.1. The first-order valence-electron chi connectivity index (χ1n) is 11.3. The van der Waals surface area contributed by atoms with Crippen LogP contribution in [0.25, 0.3) is 10.8 Å². The molecule has 1 amide bonds. The molecule has 0 spiro atoms. The topological polar surface area (TPSA) is 69.6 Å². The largest absolute Gasteiger partial charge is 0.385 e. The summed E-state index contributed by atoms with van der Waals surface area (Å²) >= 11 is 0. The molecule has 0 aliphatic carbocycles. The molecule has 2 unspecified atom stereocenters. The molecule has 0 aliphatic rings. The Morgan fingerprint density at radius 1 is 0.828 bits per heavy atom. The number of unbranched alkanes of at least 4 members (excludes halogenated alkanes) is 9. The maximum atomic E-state index is 12.2. The highest BCUT2D eigenvalue weighted by atomic mass is 16.3. The molecule has 0 fully saturated rings. The minimum absolute atomic E-state index is 0.513. The highest BCUT2D eigenvalue weighted by molar-refractivity contribution is 5.88. The Hall–Kier alpha value is -1.91. The Morgan fingerprint density at radius 2 is 1.41 bits per heavy atom. The smallest absolute Gasteiger partial charge is 0.251 e. The zero-order chi connectivity index (χ0) is 20.9. The molecular formula is C25H37NO3. The molecule has 4 nitrogen and oxygen atoms in total. The molecule has 0 saturated carbocycles. The minimum atomic E-state index is -1.47. The molecule has 0 aliphatic heterocycles. The van der Waals surface area contributed by atoms with E-state index in [0.29, 0.717) is 12.1 Å². The maximum Gasteiger partial charge on any atom is 0.251 e. The number of amides is 1. The average molecular weight is 400 g/mol. The van der Waals surface area contributed by atoms with Crippen molar-refractivity contribution in [3.8, 4) is 0 Å². The highest BCUT2D eigenvalue weighted by Gasteiger charge is 2.26. The van der Waals surface area contributed by atoms with Gasteiger partial charge in [-0.15, -0.1) is 0 Å². The lowest BCUT2D eigenvalue weighted by molar-refractivity contribution is -0.135. The number of aliphatic hydroxyl groups is 2. The summed E-state index contributed by atoms with van der Waals surface area (Å²) in [6, 6.07) is 13.2. The summed E-state index contributed by atoms with van der Waals surface area (Å²) in [5.74, 6) is -0.513. The maximum absolute atomic E-state index is 12.2. The van der Waals surface area contributed by atoms with Gasteiger partial charge in [0.05, 0.1) is 0 Å². The molecule has 2 atom stereocenters. The summed E-state index contributed by atoms with van der Waals surface area (Å²) in [6.07, 6.45) is 9.68. The summed E-state index contributed by atoms with van der Waals surface area (Å²) in [5, 5.41) is 25.4. The zero-order valence-corrected chi connectivity index (χ0v) is 17.8. The first kappa shape index (κ1) is 23.4. The third-order valence-electron chi connectivity index (χ3n) is 5.54. The standard InChI is InChI=1S/C25H37NO3/c1-2-3-4-5-6-7-8-9-10-13-19-26-25(29)24(28)23(27)22-18-14-16-20-15-11-12-17-21(20)22/h11-12,14-18,23-24,27-28H,2-10,13,19H2,1H3,(H,26,29). The molecule has 3 N–H and O–H groups in total. The van der Waals surface area contributed by atoms with E-state index in [1.807, 2.05) is 36.4 Å². The number of hydrogen-bond acceptors (Lipinski definition) is 3. The molecule has 0 heterocycles. The van der Waals surface area contributed by atoms with Crippen molar-refractivity contribution < 1.29 is 15.0 Å². The van der Waals surface area contributed by atoms with Gasteiger partial charge in [-0.25, -0.2) is 0 Å². The zero-order valence-electron chi connectivity index (χ0n) is 17.8. The van der Waals surface area contributed by atoms with Crippen LogP contribution in [0.5, 0.6) is 0 Å². The van der Waals surface area contributed by atoms with E-state index in [9.17, 15) is 15.0 Å². The minimum Gasteiger partial charge on any atom is -0.385 e. The molecule has 4 heteroatoms. The van der Waals surface area contributed by atoms with Crippen LogP contribution in [0.1, 0.15) is 82.8 Å². The molecule has 160 valence electrons. The van der Waals surface area contributed by atoms with E-state index in [4.69, 9.17) is 0 Å². The number of rotatable bonds is 14. The number of aliphatic hydroxyl groups excluding tert-OH is 2. The Bertz CT molecular complexity index is 726. The van der Waals surface area contributed by atoms with Crippen LogP contribution in [0.4, 0.5) is 0 Å². The van der Waals surface area contributed by atoms with Crippen molar-refractivity contribution in [2.24, 2.45) is 0 Å². The average Bonchev–Trinajstić information content (AvgIpc) is 2.75. The lowest BCUT2D eigenvalue weighted by Crippen LogP contribution is -2.39. The van der Waals surface area contributed by atoms with Crippen molar-refractivity contribution in [1.82, 2.24) is 5.32 Å². The summed E-state index contributed by atoms with van der Waals surface area (Å²) in [4.78, 5) is 12.2. The van der Waals surface area contributed by atoms with Crippen molar-refractivity contribution in [2.45, 2.75) is 83.3 Å². The van der Waals surface area contributed by atoms with E-state index < -0.39 is 18.1 Å². The Labute approximate surface area is 175 Å². The molecule has 2 rings (SSSR count). The van der Waals surface area contributed by atoms with Crippen LogP contribution in [-0.4, -0.2) is 28.8 Å². The van der Waals surface area contributed by atoms with E-state index in [0.717, 1.165) is 23.6 Å². The van der Waals surface area contributed by atoms with Crippen molar-refractivity contribution in [3.05, 3.63) is 48.0 Å². The Balaban J connectivity index is 1.65. The lowest BCUT2D eigenvalue weighted by atomic mass is 9.97. The van der Waals surface area contributed by atoms with Gasteiger partial charge in [0.1, 0.15) is 6.10 Å². The van der Waals surface area contributed by atoms with Gasteiger partial charge in [0.15, 0.2) is 6.10 Å². The predicted octanol–water partition coefficient (Wildman–Crippen LogP) is 5.27. The van der Waals surface area contributed by atoms with Crippen molar-refractivity contribution in [1.29, 1.82) is 0 Å². The second-order valence-corrected chi connectivity index (χ2v) is 7.93. The van der Waals surface area contributed by atoms with Gasteiger partial charge < -0.3 is 15.5 Å². The van der Waals surface area contributed by atoms with Crippen LogP contribution in [0.3, 0.4) is 0 Å². The normalized spacial score (nSPS) is 13.3. The SMILES string of the molecule is CCCCCCCCCCCCNC(=O)C(O)C(O)c1cccc2ccccc12. The van der Waals surface area contributed by atoms with Crippen LogP contribution in [0.2, 0.25) is 0 Å². The fraction of sp³-hybridized carbons (Fsp3) is 0.560. The number of carbonyl (C=O) groups excluding carboxylic acids is 1. The first-order valence-corrected chi connectivity index (χ1v) is 11.3. The van der Waals surface area contributed by atoms with E-state index >= 15 is 0 Å². The van der Waals surface area contributed by atoms with Crippen molar-refractivity contribution >= 4 is 16.7 Å². The Morgan fingerprint density at radius 3 is 2.10 bits per heavy atom. The highest BCUT2D eigenvalue weighted by Crippen LogP contribution is 2.26. The van der Waals surface area contributed by atoms with Crippen LogP contribution in [0.15, 0.2) is 42.5 Å². The van der Waals surface area contributed by atoms with Crippen LogP contribution < -0.4 is 5.32 Å². The summed E-state index contributed by atoms with van der Waals surface area (Å²) in [7, 11) is 0. The molecule has 0 bridgehead atoms. The predicted molar refractivity (Wildman–Crippen MR) is 120 cm³/mol. The van der Waals surface area contributed by atoms with Crippen LogP contribution >= 0.6 is 0 Å². The molecule has 29 heavy (non-hydrogen) atoms. The van der Waals surface area contributed by atoms with Gasteiger partial charge in [-0.2, -0.15) is 0 Å². The van der Waals surface area contributed by atoms with E-state index in [1.165, 1.54) is 51.4 Å². The molecule has 2 aromatic carbocycles. The third kappa shape index (κ3) is 7.79. The second-order valence-electron chi connectivity index (χ2n) is 7.93. The van der Waals surface area contributed by atoms with Crippen LogP contribution in [0, 0.1) is 0 Å². The molecule has 0 radical (unpaired) electrons. The fourth-order valence-electron chi connectivity index (χ4n) is 3.75. The van der Waals surface area contributed by atoms with Gasteiger partial charge in [-0.05, 0) is 22.8 Å². The monoisotopic (exact) mass is 399 g/mol. The van der Waals surface area contributed by atoms with Crippen LogP contribution in [-0.2, 0) is 4.79 Å². The third-order valence-corrected chi connectivity index (χ3v) is 5.54. The van der Waals surface area contributed by atoms with Crippen molar-refractivity contribution in [3.63, 3.8) is 0 Å². The lowest BCUT2D eigenvalue weighted by Gasteiger charge is -2.19. The van der Waals surface area contributed by atoms with E-state index in [-0.39, 0.29) is 0 Å². The molecule has 0 aromatic heterocycles. The number of hydrogen-bond donors (Lipinski definition) is 3. The summed E-state index contributed by atoms with van der Waals surface area (Å²) in [6.45, 7) is 2.77. The number of fused-ring (bicyclic) bond motifs is 1. The summed E-state index contributed by atoms with van der Waals surface area (Å²) < 4.78 is 0. The molecular weight excluding hydrogens is 362 g/mol. The second kappa shape index (κ2) is 13.3. The van der Waals surface area contributed by atoms with Gasteiger partial charge in [0, 0.05) is 6.54 Å². The number of nitrogens with one attached hydrogen (secondary N) is 1. The van der Waals surface area contributed by atoms with Gasteiger partial charge in [-0.3, -0.25) is 4.79 Å². The van der Waals surface area contributed by atoms with E-state index in [1.54, 1.807) is 6.07 Å². The van der Waals surface area contributed by atoms with E-state index in [2.05, 4.69) is 12.2 Å². The fourth-order valence-corrected chi connectivity index (χ4v) is 3.75. The van der Waals surface area contributed by atoms with Gasteiger partial charge in [0.25, 0.3) is 5.91 Å². The van der Waals surface area contributed by atoms with Gasteiger partial charge in [-0.1, -0.05) is 107 Å².